The fourth-order valence-electron chi connectivity index (χ4n) is 1.17. The number of benzene rings is 1. The molecule has 1 rings (SSSR count). The van der Waals surface area contributed by atoms with Crippen molar-refractivity contribution in [1.82, 2.24) is 0 Å². The number of carboxylic acids is 1. The van der Waals surface area contributed by atoms with E-state index in [2.05, 4.69) is 23.9 Å². The molecule has 0 aliphatic heterocycles. The second-order valence-corrected chi connectivity index (χ2v) is 3.55. The molecule has 3 heteroatoms. The molecule has 0 aliphatic carbocycles. The Morgan fingerprint density at radius 2 is 2.05 bits per heavy atom. The third-order valence-electron chi connectivity index (χ3n) is 2.02. The van der Waals surface area contributed by atoms with Crippen LogP contribution < -0.4 is 0 Å². The molecule has 0 unspecified atom stereocenters. The second kappa shape index (κ2) is 9.08. The molecule has 1 aromatic carbocycles. The predicted octanol–water partition coefficient (Wildman–Crippen LogP) is 2.60. The number of aliphatic carboxylic acids is 1. The molecule has 0 heterocycles. The molecule has 0 fully saturated rings. The van der Waals surface area contributed by atoms with E-state index in [4.69, 9.17) is 9.84 Å². The van der Waals surface area contributed by atoms with Crippen molar-refractivity contribution in [3.05, 3.63) is 59.7 Å². The average molecular weight is 266 g/mol. The molecule has 100 valence electrons. The highest BCUT2D eigenvalue weighted by atomic mass is 16.5. The molecule has 0 radical (unpaired) electrons. The number of rotatable bonds is 3. The maximum absolute atomic E-state index is 10.4. The van der Waals surface area contributed by atoms with Gasteiger partial charge in [0.1, 0.15) is 6.11 Å². The van der Waals surface area contributed by atoms with Gasteiger partial charge in [-0.05, 0) is 31.1 Å². The van der Waals surface area contributed by atoms with Crippen LogP contribution in [0, 0.1) is 23.9 Å². The number of carboxylic acid groups (broad SMARTS) is 1. The Labute approximate surface area is 118 Å². The highest BCUT2D eigenvalue weighted by Crippen LogP contribution is 1.97. The largest absolute Gasteiger partial charge is 0.478 e. The summed E-state index contributed by atoms with van der Waals surface area (Å²) in [5.41, 5.74) is 1.35. The molecule has 0 aliphatic rings. The van der Waals surface area contributed by atoms with Gasteiger partial charge in [0.15, 0.2) is 0 Å². The first-order chi connectivity index (χ1) is 9.72. The molecule has 1 N–H and O–H groups in total. The Morgan fingerprint density at radius 3 is 2.70 bits per heavy atom. The summed E-state index contributed by atoms with van der Waals surface area (Å²) in [7, 11) is 0. The molecule has 0 saturated heterocycles. The third-order valence-corrected chi connectivity index (χ3v) is 2.02. The van der Waals surface area contributed by atoms with Gasteiger partial charge in [-0.3, -0.25) is 0 Å². The molecule has 0 amide bonds. The van der Waals surface area contributed by atoms with E-state index in [0.29, 0.717) is 12.2 Å². The monoisotopic (exact) mass is 266 g/mol. The van der Waals surface area contributed by atoms with Crippen molar-refractivity contribution in [1.29, 1.82) is 0 Å². The lowest BCUT2D eigenvalue weighted by Gasteiger charge is -1.88. The molecule has 0 atom stereocenters. The van der Waals surface area contributed by atoms with Crippen LogP contribution in [0.2, 0.25) is 0 Å². The van der Waals surface area contributed by atoms with Crippen LogP contribution in [0.15, 0.2) is 54.1 Å². The molecule has 0 spiro atoms. The summed E-state index contributed by atoms with van der Waals surface area (Å²) in [6, 6.07) is 9.46. The fraction of sp³-hybridized carbons (Fsp3) is 0.118. The molecular formula is C17H14O3. The zero-order valence-electron chi connectivity index (χ0n) is 11.1. The quantitative estimate of drug-likeness (QED) is 0.519. The normalized spacial score (nSPS) is 10.2. The van der Waals surface area contributed by atoms with Gasteiger partial charge >= 0.3 is 5.97 Å². The zero-order valence-corrected chi connectivity index (χ0v) is 11.1. The van der Waals surface area contributed by atoms with Crippen LogP contribution in [0.1, 0.15) is 12.5 Å². The number of ether oxygens (including phenoxy) is 1. The van der Waals surface area contributed by atoms with Gasteiger partial charge in [-0.2, -0.15) is 0 Å². The van der Waals surface area contributed by atoms with Crippen LogP contribution in [0.3, 0.4) is 0 Å². The molecule has 0 saturated carbocycles. The first-order valence-corrected chi connectivity index (χ1v) is 6.03. The maximum Gasteiger partial charge on any atom is 0.328 e. The Balaban J connectivity index is 2.92. The first kappa shape index (κ1) is 15.1. The van der Waals surface area contributed by atoms with E-state index < -0.39 is 5.97 Å². The van der Waals surface area contributed by atoms with Crippen molar-refractivity contribution in [2.45, 2.75) is 6.92 Å². The molecular weight excluding hydrogens is 252 g/mol. The SMILES string of the molecule is CCOC#C/C(C#Cc1ccccc1)=C\C=C/C(=O)O. The van der Waals surface area contributed by atoms with Crippen LogP contribution in [-0.2, 0) is 9.53 Å². The fourth-order valence-corrected chi connectivity index (χ4v) is 1.17. The standard InChI is InChI=1S/C17H14O3/c1-2-20-14-13-16(9-6-10-17(18)19)12-11-15-7-4-3-5-8-15/h3-10H,2H2,1H3,(H,18,19)/b10-6-,16-9-. The summed E-state index contributed by atoms with van der Waals surface area (Å²) in [4.78, 5) is 10.4. The van der Waals surface area contributed by atoms with E-state index in [1.807, 2.05) is 37.3 Å². The third kappa shape index (κ3) is 6.74. The second-order valence-electron chi connectivity index (χ2n) is 3.55. The summed E-state index contributed by atoms with van der Waals surface area (Å²) in [5, 5.41) is 8.54. The van der Waals surface area contributed by atoms with Crippen molar-refractivity contribution < 1.29 is 14.6 Å². The van der Waals surface area contributed by atoms with Crippen LogP contribution in [0.25, 0.3) is 0 Å². The van der Waals surface area contributed by atoms with Crippen molar-refractivity contribution in [2.75, 3.05) is 6.61 Å². The lowest BCUT2D eigenvalue weighted by molar-refractivity contribution is -0.131. The lowest BCUT2D eigenvalue weighted by atomic mass is 10.2. The molecule has 0 aromatic heterocycles. The van der Waals surface area contributed by atoms with E-state index in [1.54, 1.807) is 0 Å². The van der Waals surface area contributed by atoms with Crippen molar-refractivity contribution in [2.24, 2.45) is 0 Å². The van der Waals surface area contributed by atoms with Crippen LogP contribution >= 0.6 is 0 Å². The van der Waals surface area contributed by atoms with Gasteiger partial charge in [-0.1, -0.05) is 36.1 Å². The molecule has 3 nitrogen and oxygen atoms in total. The van der Waals surface area contributed by atoms with Gasteiger partial charge in [0, 0.05) is 11.6 Å². The smallest absolute Gasteiger partial charge is 0.328 e. The summed E-state index contributed by atoms with van der Waals surface area (Å²) in [6.07, 6.45) is 6.45. The zero-order chi connectivity index (χ0) is 14.6. The predicted molar refractivity (Wildman–Crippen MR) is 77.6 cm³/mol. The Kier molecular flexibility index (Phi) is 6.88. The van der Waals surface area contributed by atoms with E-state index in [9.17, 15) is 4.79 Å². The van der Waals surface area contributed by atoms with E-state index in [1.165, 1.54) is 12.2 Å². The van der Waals surface area contributed by atoms with E-state index in [-0.39, 0.29) is 0 Å². The lowest BCUT2D eigenvalue weighted by Crippen LogP contribution is -1.85. The Hall–Kier alpha value is -2.91. The van der Waals surface area contributed by atoms with Gasteiger partial charge in [0.25, 0.3) is 0 Å². The van der Waals surface area contributed by atoms with Gasteiger partial charge in [0.05, 0.1) is 12.2 Å². The minimum absolute atomic E-state index is 0.483. The Morgan fingerprint density at radius 1 is 1.30 bits per heavy atom. The summed E-state index contributed by atoms with van der Waals surface area (Å²) in [5.74, 6) is 7.55. The van der Waals surface area contributed by atoms with E-state index >= 15 is 0 Å². The first-order valence-electron chi connectivity index (χ1n) is 6.03. The minimum atomic E-state index is -1.02. The van der Waals surface area contributed by atoms with Crippen molar-refractivity contribution in [3.8, 4) is 23.9 Å². The number of hydrogen-bond acceptors (Lipinski definition) is 2. The highest BCUT2D eigenvalue weighted by Gasteiger charge is 1.88. The average Bonchev–Trinajstić information content (AvgIpc) is 2.45. The topological polar surface area (TPSA) is 46.5 Å². The summed E-state index contributed by atoms with van der Waals surface area (Å²) < 4.78 is 4.93. The van der Waals surface area contributed by atoms with Crippen LogP contribution in [0.4, 0.5) is 0 Å². The van der Waals surface area contributed by atoms with Gasteiger partial charge in [0.2, 0.25) is 0 Å². The summed E-state index contributed by atoms with van der Waals surface area (Å²) >= 11 is 0. The van der Waals surface area contributed by atoms with Crippen LogP contribution in [0.5, 0.6) is 0 Å². The van der Waals surface area contributed by atoms with Gasteiger partial charge in [-0.15, -0.1) is 0 Å². The molecule has 0 bridgehead atoms. The van der Waals surface area contributed by atoms with Crippen molar-refractivity contribution >= 4 is 5.97 Å². The maximum atomic E-state index is 10.4. The van der Waals surface area contributed by atoms with Crippen molar-refractivity contribution in [3.63, 3.8) is 0 Å². The highest BCUT2D eigenvalue weighted by molar-refractivity contribution is 5.80. The van der Waals surface area contributed by atoms with E-state index in [0.717, 1.165) is 11.6 Å². The minimum Gasteiger partial charge on any atom is -0.478 e. The van der Waals surface area contributed by atoms with Gasteiger partial charge < -0.3 is 9.84 Å². The number of hydrogen-bond donors (Lipinski definition) is 1. The Bertz CT molecular complexity index is 617. The number of allylic oxidation sites excluding steroid dienone is 3. The van der Waals surface area contributed by atoms with Gasteiger partial charge in [-0.25, -0.2) is 4.79 Å². The molecule has 1 aromatic rings. The summed E-state index contributed by atoms with van der Waals surface area (Å²) in [6.45, 7) is 2.31. The van der Waals surface area contributed by atoms with Crippen LogP contribution in [-0.4, -0.2) is 17.7 Å². The number of carbonyl (C=O) groups is 1. The molecule has 20 heavy (non-hydrogen) atoms.